The van der Waals surface area contributed by atoms with Crippen LogP contribution in [-0.2, 0) is 46.2 Å². The zero-order valence-electron chi connectivity index (χ0n) is 37.6. The second-order valence-corrected chi connectivity index (χ2v) is 19.6. The van der Waals surface area contributed by atoms with Crippen LogP contribution in [0.15, 0.2) is 158 Å². The molecule has 10 nitrogen and oxygen atoms in total. The number of nitrogens with zero attached hydrogens (tertiary/aromatic N) is 2. The molecule has 0 aliphatic carbocycles. The third-order valence-corrected chi connectivity index (χ3v) is 13.5. The monoisotopic (exact) mass is 1020 g/mol. The molecule has 0 saturated carbocycles. The minimum absolute atomic E-state index is 0.975. The highest BCUT2D eigenvalue weighted by Gasteiger charge is 2.38. The van der Waals surface area contributed by atoms with Gasteiger partial charge in [-0.15, -0.1) is 0 Å². The van der Waals surface area contributed by atoms with Crippen molar-refractivity contribution in [3.05, 3.63) is 191 Å². The average molecular weight is 1020 g/mol. The number of aryl methyl sites for hydroxylation is 4. The first-order valence-electron chi connectivity index (χ1n) is 22.2. The van der Waals surface area contributed by atoms with Crippen LogP contribution in [0.4, 0.5) is 26.3 Å². The van der Waals surface area contributed by atoms with Crippen molar-refractivity contribution >= 4 is 66.3 Å². The summed E-state index contributed by atoms with van der Waals surface area (Å²) in [4.78, 5) is 7.40. The van der Waals surface area contributed by atoms with E-state index in [0.29, 0.717) is 0 Å². The van der Waals surface area contributed by atoms with E-state index in [0.717, 1.165) is 48.4 Å². The Morgan fingerprint density at radius 1 is 0.472 bits per heavy atom. The number of aromatic nitrogens is 4. The number of fused-ring (bicyclic) bond motifs is 9. The highest BCUT2D eigenvalue weighted by Crippen LogP contribution is 2.41. The van der Waals surface area contributed by atoms with Gasteiger partial charge in [-0.05, 0) is 45.5 Å². The zero-order chi connectivity index (χ0) is 51.0. The number of H-pyrrole nitrogens is 2. The number of aromatic amines is 2. The van der Waals surface area contributed by atoms with Gasteiger partial charge in [0.1, 0.15) is 0 Å². The fraction of sp³-hybridized carbons (Fsp3) is 0.111. The molecular weight excluding hydrogens is 979 g/mol. The molecule has 11 rings (SSSR count). The maximum Gasteiger partial charge on any atom is 0.485 e. The highest BCUT2D eigenvalue weighted by molar-refractivity contribution is 7.86. The van der Waals surface area contributed by atoms with Gasteiger partial charge in [0.15, 0.2) is 45.7 Å². The molecule has 18 heteroatoms. The number of benzene rings is 5. The fourth-order valence-corrected chi connectivity index (χ4v) is 8.99. The van der Waals surface area contributed by atoms with Crippen LogP contribution in [0.5, 0.6) is 0 Å². The van der Waals surface area contributed by atoms with E-state index in [9.17, 15) is 26.3 Å². The number of rotatable bonds is 6. The van der Waals surface area contributed by atoms with Gasteiger partial charge in [0.2, 0.25) is 11.4 Å². The van der Waals surface area contributed by atoms with E-state index in [1.165, 1.54) is 77.8 Å². The first kappa shape index (κ1) is 49.3. The predicted molar refractivity (Wildman–Crippen MR) is 262 cm³/mol. The molecule has 0 saturated heterocycles. The van der Waals surface area contributed by atoms with Crippen LogP contribution >= 0.6 is 0 Å². The van der Waals surface area contributed by atoms with Crippen molar-refractivity contribution < 1.29 is 61.4 Å². The van der Waals surface area contributed by atoms with Crippen molar-refractivity contribution in [2.75, 3.05) is 0 Å². The normalized spacial score (nSPS) is 13.4. The summed E-state index contributed by atoms with van der Waals surface area (Å²) >= 11 is 0. The Kier molecular flexibility index (Phi) is 13.4. The Labute approximate surface area is 409 Å². The van der Waals surface area contributed by atoms with E-state index < -0.39 is 31.3 Å². The largest absolute Gasteiger partial charge is 0.741 e. The van der Waals surface area contributed by atoms with Crippen LogP contribution in [0.25, 0.3) is 91.1 Å². The minimum Gasteiger partial charge on any atom is -0.741 e. The molecule has 4 aromatic heterocycles. The summed E-state index contributed by atoms with van der Waals surface area (Å²) in [6.07, 6.45) is 15.8. The lowest BCUT2D eigenvalue weighted by atomic mass is 9.84. The molecule has 2 aliphatic rings. The second kappa shape index (κ2) is 19.5. The maximum atomic E-state index is 10.7. The number of hydrogen-bond donors (Lipinski definition) is 2. The summed E-state index contributed by atoms with van der Waals surface area (Å²) < 4.78 is 123. The number of halogens is 6. The van der Waals surface area contributed by atoms with Gasteiger partial charge in [0.05, 0.1) is 22.5 Å². The SMILES string of the molecule is C(=C\c1c(-c2ccccc2)[nH]c2ccccc12)/c1cc[n+]2c(c1)-c1c(ccc3c1-c1cc(/C=C/c4c(-c5ccccc5)[nH]c5ccccc45)cc[n+]1CC3)CC2.O=S(=O)([O-])C(F)(F)F.O=S(=O)([O-])C(F)(F)F. The maximum absolute atomic E-state index is 10.7. The average Bonchev–Trinajstić information content (AvgIpc) is 3.93. The molecule has 0 spiro atoms. The molecule has 6 heterocycles. The molecule has 72 heavy (non-hydrogen) atoms. The quantitative estimate of drug-likeness (QED) is 0.0732. The Morgan fingerprint density at radius 3 is 1.18 bits per heavy atom. The molecular formula is C54H40F6N4O6S2. The van der Waals surface area contributed by atoms with E-state index in [1.807, 2.05) is 0 Å². The Morgan fingerprint density at radius 2 is 0.819 bits per heavy atom. The Bertz CT molecular complexity index is 3550. The van der Waals surface area contributed by atoms with E-state index in [2.05, 4.69) is 201 Å². The van der Waals surface area contributed by atoms with E-state index >= 15 is 0 Å². The number of nitrogens with one attached hydrogen (secondary N) is 2. The fourth-order valence-electron chi connectivity index (χ4n) is 8.99. The molecule has 366 valence electrons. The summed E-state index contributed by atoms with van der Waals surface area (Å²) in [5, 5.41) is 2.46. The van der Waals surface area contributed by atoms with E-state index in [-0.39, 0.29) is 0 Å². The molecule has 2 N–H and O–H groups in total. The lowest BCUT2D eigenvalue weighted by molar-refractivity contribution is -0.689. The molecule has 0 bridgehead atoms. The van der Waals surface area contributed by atoms with Gasteiger partial charge in [-0.3, -0.25) is 0 Å². The van der Waals surface area contributed by atoms with Crippen LogP contribution < -0.4 is 9.13 Å². The molecule has 5 aromatic carbocycles. The minimum atomic E-state index is -6.09. The predicted octanol–water partition coefficient (Wildman–Crippen LogP) is 11.4. The van der Waals surface area contributed by atoms with E-state index in [4.69, 9.17) is 25.9 Å². The van der Waals surface area contributed by atoms with Gasteiger partial charge in [-0.1, -0.05) is 133 Å². The van der Waals surface area contributed by atoms with Gasteiger partial charge in [-0.25, -0.2) is 16.8 Å². The smallest absolute Gasteiger partial charge is 0.485 e. The summed E-state index contributed by atoms with van der Waals surface area (Å²) in [6.45, 7) is 1.95. The Balaban J connectivity index is 0.000000347. The van der Waals surface area contributed by atoms with E-state index in [1.54, 1.807) is 0 Å². The number of pyridine rings is 2. The van der Waals surface area contributed by atoms with Crippen molar-refractivity contribution in [1.29, 1.82) is 0 Å². The van der Waals surface area contributed by atoms with Crippen molar-refractivity contribution in [2.24, 2.45) is 0 Å². The zero-order valence-corrected chi connectivity index (χ0v) is 39.2. The van der Waals surface area contributed by atoms with Crippen molar-refractivity contribution in [3.8, 4) is 45.0 Å². The third kappa shape index (κ3) is 10.2. The molecule has 0 amide bonds. The molecule has 0 unspecified atom stereocenters. The summed E-state index contributed by atoms with van der Waals surface area (Å²) in [5.41, 5.74) is 8.66. The highest BCUT2D eigenvalue weighted by atomic mass is 32.2. The summed E-state index contributed by atoms with van der Waals surface area (Å²) in [6, 6.07) is 52.6. The molecule has 0 atom stereocenters. The van der Waals surface area contributed by atoms with Crippen molar-refractivity contribution in [2.45, 2.75) is 36.9 Å². The Hall–Kier alpha value is -7.64. The van der Waals surface area contributed by atoms with Gasteiger partial charge in [-0.2, -0.15) is 35.5 Å². The summed E-state index contributed by atoms with van der Waals surface area (Å²) in [7, 11) is -12.2. The van der Waals surface area contributed by atoms with Crippen molar-refractivity contribution in [3.63, 3.8) is 0 Å². The first-order chi connectivity index (χ1) is 34.2. The molecule has 0 fully saturated rings. The van der Waals surface area contributed by atoms with Crippen LogP contribution in [0.1, 0.15) is 33.4 Å². The number of para-hydroxylation sites is 2. The lowest BCUT2D eigenvalue weighted by Crippen LogP contribution is -2.43. The molecule has 0 radical (unpaired) electrons. The third-order valence-electron chi connectivity index (χ3n) is 12.3. The number of hydrogen-bond acceptors (Lipinski definition) is 6. The van der Waals surface area contributed by atoms with Gasteiger partial charge in [0, 0.05) is 70.0 Å². The summed E-state index contributed by atoms with van der Waals surface area (Å²) in [5.74, 6) is 0. The second-order valence-electron chi connectivity index (χ2n) is 16.8. The van der Waals surface area contributed by atoms with Crippen LogP contribution in [0, 0.1) is 0 Å². The molecule has 9 aromatic rings. The molecule has 2 aliphatic heterocycles. The van der Waals surface area contributed by atoms with Gasteiger partial charge in [0.25, 0.3) is 0 Å². The lowest BCUT2D eigenvalue weighted by Gasteiger charge is -2.23. The van der Waals surface area contributed by atoms with Crippen LogP contribution in [-0.4, -0.2) is 46.9 Å². The standard InChI is InChI=1S/C52H38N4.2CHF3O3S/c1-3-11-39(12-4-1)51-43(41-15-7-9-17-45(41)53-51)23-19-35-25-29-55-31-27-37-21-22-38-28-32-56-30-26-36(34-48(56)50(38)49(37)47(55)33-35)20-24-44-42-16-8-10-18-46(42)54-52(44)40-13-5-2-6-14-40;2*2-1(3,4)8(5,6)7/h1-26,29-30,33-34H,27-28,31-32H2;2*(H,5,6,7). The van der Waals surface area contributed by atoms with Gasteiger partial charge >= 0.3 is 11.0 Å². The topological polar surface area (TPSA) is 154 Å². The first-order valence-corrected chi connectivity index (χ1v) is 25.0. The number of alkyl halides is 6. The van der Waals surface area contributed by atoms with Crippen LogP contribution in [0.3, 0.4) is 0 Å². The van der Waals surface area contributed by atoms with Crippen LogP contribution in [0.2, 0.25) is 0 Å². The van der Waals surface area contributed by atoms with Gasteiger partial charge < -0.3 is 19.1 Å². The van der Waals surface area contributed by atoms with Crippen molar-refractivity contribution in [1.82, 2.24) is 9.97 Å².